The highest BCUT2D eigenvalue weighted by molar-refractivity contribution is 9.10. The number of aromatic amines is 1. The largest absolute Gasteiger partial charge is 0.328 e. The average Bonchev–Trinajstić information content (AvgIpc) is 2.34. The molecule has 0 aliphatic carbocycles. The fourth-order valence-corrected chi connectivity index (χ4v) is 1.61. The van der Waals surface area contributed by atoms with Crippen LogP contribution in [-0.4, -0.2) is 15.9 Å². The molecule has 0 saturated heterocycles. The molecule has 0 radical (unpaired) electrons. The van der Waals surface area contributed by atoms with Crippen LogP contribution in [0.1, 0.15) is 15.9 Å². The van der Waals surface area contributed by atoms with Crippen LogP contribution in [0, 0.1) is 6.92 Å². The second-order valence-corrected chi connectivity index (χ2v) is 4.54. The Hall–Kier alpha value is -1.95. The van der Waals surface area contributed by atoms with Crippen molar-refractivity contribution in [3.8, 4) is 0 Å². The number of amides is 1. The van der Waals surface area contributed by atoms with E-state index in [2.05, 4.69) is 31.2 Å². The highest BCUT2D eigenvalue weighted by Crippen LogP contribution is 2.17. The SMILES string of the molecule is Cc1cc(NC(=O)c2ccc[nH]c2=O)ncc1Br. The molecular formula is C12H10BrN3O2. The van der Waals surface area contributed by atoms with Gasteiger partial charge in [-0.3, -0.25) is 9.59 Å². The fourth-order valence-electron chi connectivity index (χ4n) is 1.39. The Balaban J connectivity index is 2.24. The first-order valence-electron chi connectivity index (χ1n) is 5.19. The summed E-state index contributed by atoms with van der Waals surface area (Å²) in [5.74, 6) is -0.0741. The first-order chi connectivity index (χ1) is 8.58. The number of aromatic nitrogens is 2. The van der Waals surface area contributed by atoms with E-state index in [4.69, 9.17) is 0 Å². The number of H-pyrrole nitrogens is 1. The summed E-state index contributed by atoms with van der Waals surface area (Å²) in [4.78, 5) is 29.8. The van der Waals surface area contributed by atoms with E-state index in [1.54, 1.807) is 18.3 Å². The van der Waals surface area contributed by atoms with E-state index >= 15 is 0 Å². The maximum absolute atomic E-state index is 11.8. The van der Waals surface area contributed by atoms with E-state index < -0.39 is 11.5 Å². The van der Waals surface area contributed by atoms with E-state index in [9.17, 15) is 9.59 Å². The standard InChI is InChI=1S/C12H10BrN3O2/c1-7-5-10(15-6-9(7)13)16-12(18)8-3-2-4-14-11(8)17/h2-6H,1H3,(H,14,17)(H,15,16,18). The van der Waals surface area contributed by atoms with Gasteiger partial charge in [0, 0.05) is 16.9 Å². The van der Waals surface area contributed by atoms with Crippen molar-refractivity contribution in [1.82, 2.24) is 9.97 Å². The minimum Gasteiger partial charge on any atom is -0.328 e. The average molecular weight is 308 g/mol. The minimum atomic E-state index is -0.480. The number of pyridine rings is 2. The molecule has 0 atom stereocenters. The van der Waals surface area contributed by atoms with Crippen LogP contribution < -0.4 is 10.9 Å². The van der Waals surface area contributed by atoms with Gasteiger partial charge < -0.3 is 10.3 Å². The van der Waals surface area contributed by atoms with E-state index in [1.165, 1.54) is 12.3 Å². The highest BCUT2D eigenvalue weighted by atomic mass is 79.9. The van der Waals surface area contributed by atoms with Crippen molar-refractivity contribution >= 4 is 27.7 Å². The smallest absolute Gasteiger partial charge is 0.262 e. The van der Waals surface area contributed by atoms with Crippen molar-refractivity contribution in [2.75, 3.05) is 5.32 Å². The predicted molar refractivity (Wildman–Crippen MR) is 71.7 cm³/mol. The Bertz CT molecular complexity index is 652. The van der Waals surface area contributed by atoms with Crippen LogP contribution >= 0.6 is 15.9 Å². The first-order valence-corrected chi connectivity index (χ1v) is 5.98. The summed E-state index contributed by atoms with van der Waals surface area (Å²) in [5, 5.41) is 2.58. The number of anilines is 1. The molecule has 6 heteroatoms. The minimum absolute atomic E-state index is 0.0554. The Labute approximate surface area is 111 Å². The molecule has 0 aromatic carbocycles. The van der Waals surface area contributed by atoms with Gasteiger partial charge in [-0.05, 0) is 46.6 Å². The molecule has 0 spiro atoms. The molecule has 0 saturated carbocycles. The number of hydrogen-bond donors (Lipinski definition) is 2. The molecule has 2 aromatic heterocycles. The predicted octanol–water partition coefficient (Wildman–Crippen LogP) is 2.09. The number of aryl methyl sites for hydroxylation is 1. The molecule has 0 unspecified atom stereocenters. The monoisotopic (exact) mass is 307 g/mol. The lowest BCUT2D eigenvalue weighted by molar-refractivity contribution is 0.102. The maximum Gasteiger partial charge on any atom is 0.262 e. The Morgan fingerprint density at radius 2 is 2.28 bits per heavy atom. The highest BCUT2D eigenvalue weighted by Gasteiger charge is 2.10. The van der Waals surface area contributed by atoms with Crippen LogP contribution in [0.3, 0.4) is 0 Å². The van der Waals surface area contributed by atoms with Crippen molar-refractivity contribution in [3.05, 3.63) is 56.5 Å². The van der Waals surface area contributed by atoms with Gasteiger partial charge >= 0.3 is 0 Å². The van der Waals surface area contributed by atoms with Gasteiger partial charge in [-0.2, -0.15) is 0 Å². The van der Waals surface area contributed by atoms with Crippen molar-refractivity contribution in [3.63, 3.8) is 0 Å². The summed E-state index contributed by atoms with van der Waals surface area (Å²) >= 11 is 3.32. The van der Waals surface area contributed by atoms with Gasteiger partial charge in [-0.25, -0.2) is 4.98 Å². The fraction of sp³-hybridized carbons (Fsp3) is 0.0833. The Morgan fingerprint density at radius 3 is 2.94 bits per heavy atom. The molecule has 2 heterocycles. The summed E-state index contributed by atoms with van der Waals surface area (Å²) in [5.41, 5.74) is 0.575. The summed E-state index contributed by atoms with van der Waals surface area (Å²) in [6.45, 7) is 1.89. The molecule has 0 bridgehead atoms. The second kappa shape index (κ2) is 5.14. The van der Waals surface area contributed by atoms with E-state index in [1.807, 2.05) is 6.92 Å². The molecule has 0 fully saturated rings. The quantitative estimate of drug-likeness (QED) is 0.892. The molecule has 2 rings (SSSR count). The van der Waals surface area contributed by atoms with Gasteiger partial charge in [-0.1, -0.05) is 0 Å². The molecule has 0 aliphatic rings. The Morgan fingerprint density at radius 1 is 1.50 bits per heavy atom. The maximum atomic E-state index is 11.8. The van der Waals surface area contributed by atoms with Gasteiger partial charge in [0.1, 0.15) is 11.4 Å². The van der Waals surface area contributed by atoms with Gasteiger partial charge in [0.25, 0.3) is 11.5 Å². The zero-order valence-corrected chi connectivity index (χ0v) is 11.1. The lowest BCUT2D eigenvalue weighted by atomic mass is 10.2. The number of nitrogens with zero attached hydrogens (tertiary/aromatic N) is 1. The van der Waals surface area contributed by atoms with Crippen molar-refractivity contribution in [1.29, 1.82) is 0 Å². The number of carbonyl (C=O) groups is 1. The van der Waals surface area contributed by atoms with Gasteiger partial charge in [0.05, 0.1) is 0 Å². The summed E-state index contributed by atoms with van der Waals surface area (Å²) in [7, 11) is 0. The molecule has 2 N–H and O–H groups in total. The summed E-state index contributed by atoms with van der Waals surface area (Å²) in [6.07, 6.45) is 3.07. The molecule has 0 aliphatic heterocycles. The topological polar surface area (TPSA) is 74.8 Å². The van der Waals surface area contributed by atoms with Crippen LogP contribution in [0.5, 0.6) is 0 Å². The number of rotatable bonds is 2. The van der Waals surface area contributed by atoms with Crippen molar-refractivity contribution in [2.24, 2.45) is 0 Å². The number of nitrogens with one attached hydrogen (secondary N) is 2. The third-order valence-corrected chi connectivity index (χ3v) is 3.18. The normalized spacial score (nSPS) is 10.1. The molecular weight excluding hydrogens is 298 g/mol. The number of halogens is 1. The third kappa shape index (κ3) is 2.65. The van der Waals surface area contributed by atoms with Crippen LogP contribution in [0.2, 0.25) is 0 Å². The Kier molecular flexibility index (Phi) is 3.57. The molecule has 92 valence electrons. The molecule has 1 amide bonds. The summed E-state index contributed by atoms with van der Waals surface area (Å²) in [6, 6.07) is 4.77. The van der Waals surface area contributed by atoms with Crippen molar-refractivity contribution < 1.29 is 4.79 Å². The third-order valence-electron chi connectivity index (χ3n) is 2.35. The zero-order valence-electron chi connectivity index (χ0n) is 9.53. The van der Waals surface area contributed by atoms with Crippen LogP contribution in [-0.2, 0) is 0 Å². The van der Waals surface area contributed by atoms with E-state index in [0.29, 0.717) is 5.82 Å². The molecule has 2 aromatic rings. The van der Waals surface area contributed by atoms with Crippen LogP contribution in [0.15, 0.2) is 39.9 Å². The number of carbonyl (C=O) groups excluding carboxylic acids is 1. The van der Waals surface area contributed by atoms with Gasteiger partial charge in [-0.15, -0.1) is 0 Å². The zero-order chi connectivity index (χ0) is 13.1. The second-order valence-electron chi connectivity index (χ2n) is 3.69. The van der Waals surface area contributed by atoms with Gasteiger partial charge in [0.15, 0.2) is 0 Å². The first kappa shape index (κ1) is 12.5. The van der Waals surface area contributed by atoms with Crippen LogP contribution in [0.4, 0.5) is 5.82 Å². The van der Waals surface area contributed by atoms with Crippen molar-refractivity contribution in [2.45, 2.75) is 6.92 Å². The van der Waals surface area contributed by atoms with Gasteiger partial charge in [0.2, 0.25) is 0 Å². The molecule has 18 heavy (non-hydrogen) atoms. The van der Waals surface area contributed by atoms with E-state index in [-0.39, 0.29) is 5.56 Å². The number of hydrogen-bond acceptors (Lipinski definition) is 3. The lowest BCUT2D eigenvalue weighted by Gasteiger charge is -2.05. The molecule has 5 nitrogen and oxygen atoms in total. The van der Waals surface area contributed by atoms with E-state index in [0.717, 1.165) is 10.0 Å². The lowest BCUT2D eigenvalue weighted by Crippen LogP contribution is -2.22. The van der Waals surface area contributed by atoms with Crippen LogP contribution in [0.25, 0.3) is 0 Å². The summed E-state index contributed by atoms with van der Waals surface area (Å²) < 4.78 is 0.859.